The van der Waals surface area contributed by atoms with E-state index in [9.17, 15) is 19.7 Å². The second-order valence-corrected chi connectivity index (χ2v) is 7.90. The summed E-state index contributed by atoms with van der Waals surface area (Å²) >= 11 is 0. The molecule has 0 spiro atoms. The molecule has 0 saturated carbocycles. The number of nitrogens with one attached hydrogen (secondary N) is 1. The fourth-order valence-corrected chi connectivity index (χ4v) is 3.96. The second-order valence-electron chi connectivity index (χ2n) is 7.90. The van der Waals surface area contributed by atoms with Crippen molar-refractivity contribution in [2.24, 2.45) is 0 Å². The number of ether oxygens (including phenoxy) is 1. The van der Waals surface area contributed by atoms with Crippen LogP contribution in [0.1, 0.15) is 23.6 Å². The number of nitro groups is 1. The fourth-order valence-electron chi connectivity index (χ4n) is 3.96. The van der Waals surface area contributed by atoms with Crippen molar-refractivity contribution in [1.82, 2.24) is 0 Å². The van der Waals surface area contributed by atoms with Crippen molar-refractivity contribution in [2.75, 3.05) is 16.8 Å². The molecule has 1 aliphatic heterocycles. The van der Waals surface area contributed by atoms with Crippen LogP contribution in [0.2, 0.25) is 0 Å². The van der Waals surface area contributed by atoms with Crippen molar-refractivity contribution >= 4 is 34.4 Å². The van der Waals surface area contributed by atoms with E-state index >= 15 is 0 Å². The van der Waals surface area contributed by atoms with Gasteiger partial charge in [0.2, 0.25) is 0 Å². The smallest absolute Gasteiger partial charge is 0.282 e. The van der Waals surface area contributed by atoms with Crippen molar-refractivity contribution in [3.8, 4) is 5.75 Å². The van der Waals surface area contributed by atoms with E-state index in [-0.39, 0.29) is 17.0 Å². The predicted octanol–water partition coefficient (Wildman–Crippen LogP) is 5.01. The topological polar surface area (TPSA) is 102 Å². The summed E-state index contributed by atoms with van der Waals surface area (Å²) in [6.45, 7) is 6.06. The average molecular weight is 457 g/mol. The number of aryl methyl sites for hydroxylation is 2. The molecule has 3 aromatic carbocycles. The normalized spacial score (nSPS) is 13.4. The van der Waals surface area contributed by atoms with Crippen molar-refractivity contribution in [3.63, 3.8) is 0 Å². The Labute approximate surface area is 196 Å². The maximum atomic E-state index is 13.6. The highest BCUT2D eigenvalue weighted by molar-refractivity contribution is 6.46. The van der Waals surface area contributed by atoms with Gasteiger partial charge >= 0.3 is 0 Å². The number of nitro benzene ring substituents is 1. The Kier molecular flexibility index (Phi) is 6.14. The highest BCUT2D eigenvalue weighted by atomic mass is 16.6. The van der Waals surface area contributed by atoms with Gasteiger partial charge in [0.05, 0.1) is 28.5 Å². The summed E-state index contributed by atoms with van der Waals surface area (Å²) in [7, 11) is 0. The van der Waals surface area contributed by atoms with Crippen LogP contribution in [0.4, 0.5) is 17.1 Å². The molecule has 4 rings (SSSR count). The van der Waals surface area contributed by atoms with Gasteiger partial charge in [-0.3, -0.25) is 19.7 Å². The lowest BCUT2D eigenvalue weighted by atomic mass is 10.0. The first-order valence-electron chi connectivity index (χ1n) is 10.7. The zero-order chi connectivity index (χ0) is 24.4. The fraction of sp³-hybridized carbons (Fsp3) is 0.154. The van der Waals surface area contributed by atoms with Crippen LogP contribution in [0.25, 0.3) is 5.57 Å². The van der Waals surface area contributed by atoms with Gasteiger partial charge in [0.15, 0.2) is 0 Å². The number of hydrogen-bond acceptors (Lipinski definition) is 6. The minimum Gasteiger partial charge on any atom is -0.492 e. The van der Waals surface area contributed by atoms with E-state index < -0.39 is 16.7 Å². The molecule has 1 aliphatic rings. The van der Waals surface area contributed by atoms with Crippen LogP contribution in [-0.4, -0.2) is 23.3 Å². The SMILES string of the molecule is CCOc1ccccc1NC1=C(c2ccc([N+](=O)[O-])cc2)C(=O)N(c2cc(C)cc(C)c2)C1=O. The number of non-ortho nitro benzene ring substituents is 1. The van der Waals surface area contributed by atoms with Gasteiger partial charge in [-0.15, -0.1) is 0 Å². The summed E-state index contributed by atoms with van der Waals surface area (Å²) in [6.07, 6.45) is 0. The maximum Gasteiger partial charge on any atom is 0.282 e. The average Bonchev–Trinajstić information content (AvgIpc) is 3.04. The molecule has 2 amide bonds. The van der Waals surface area contributed by atoms with E-state index in [0.717, 1.165) is 16.0 Å². The Bertz CT molecular complexity index is 1310. The van der Waals surface area contributed by atoms with Crippen molar-refractivity contribution in [1.29, 1.82) is 0 Å². The number of rotatable bonds is 7. The number of imide groups is 1. The van der Waals surface area contributed by atoms with E-state index in [0.29, 0.717) is 29.3 Å². The lowest BCUT2D eigenvalue weighted by Crippen LogP contribution is -2.32. The molecule has 34 heavy (non-hydrogen) atoms. The molecular formula is C26H23N3O5. The number of benzene rings is 3. The molecule has 0 bridgehead atoms. The van der Waals surface area contributed by atoms with E-state index in [1.807, 2.05) is 32.9 Å². The quantitative estimate of drug-likeness (QED) is 0.304. The number of para-hydroxylation sites is 2. The van der Waals surface area contributed by atoms with E-state index in [4.69, 9.17) is 4.74 Å². The third kappa shape index (κ3) is 4.25. The molecule has 8 heteroatoms. The molecule has 1 N–H and O–H groups in total. The van der Waals surface area contributed by atoms with Gasteiger partial charge in [-0.1, -0.05) is 18.2 Å². The van der Waals surface area contributed by atoms with Crippen molar-refractivity contribution in [2.45, 2.75) is 20.8 Å². The number of amides is 2. The minimum atomic E-state index is -0.519. The summed E-state index contributed by atoms with van der Waals surface area (Å²) in [5.74, 6) is -0.499. The van der Waals surface area contributed by atoms with Crippen molar-refractivity contribution in [3.05, 3.63) is 99.2 Å². The molecule has 0 fully saturated rings. The first kappa shape index (κ1) is 22.7. The van der Waals surface area contributed by atoms with E-state index in [1.54, 1.807) is 30.3 Å². The standard InChI is InChI=1S/C26H23N3O5/c1-4-34-22-8-6-5-7-21(22)27-24-23(18-9-11-19(12-10-18)29(32)33)25(30)28(26(24)31)20-14-16(2)13-17(3)15-20/h5-15,27H,4H2,1-3H3. The summed E-state index contributed by atoms with van der Waals surface area (Å²) in [5.41, 5.74) is 3.31. The first-order chi connectivity index (χ1) is 16.3. The highest BCUT2D eigenvalue weighted by Crippen LogP contribution is 2.36. The Morgan fingerprint density at radius 1 is 0.941 bits per heavy atom. The lowest BCUT2D eigenvalue weighted by Gasteiger charge is -2.17. The number of carbonyl (C=O) groups is 2. The predicted molar refractivity (Wildman–Crippen MR) is 130 cm³/mol. The van der Waals surface area contributed by atoms with E-state index in [2.05, 4.69) is 5.32 Å². The summed E-state index contributed by atoms with van der Waals surface area (Å²) in [6, 6.07) is 18.2. The van der Waals surface area contributed by atoms with E-state index in [1.165, 1.54) is 24.3 Å². The third-order valence-corrected chi connectivity index (χ3v) is 5.36. The minimum absolute atomic E-state index is 0.0742. The number of hydrogen-bond donors (Lipinski definition) is 1. The van der Waals surface area contributed by atoms with Crippen LogP contribution >= 0.6 is 0 Å². The molecule has 0 unspecified atom stereocenters. The molecule has 3 aromatic rings. The highest BCUT2D eigenvalue weighted by Gasteiger charge is 2.40. The molecule has 0 aromatic heterocycles. The van der Waals surface area contributed by atoms with Crippen LogP contribution in [0.5, 0.6) is 5.75 Å². The molecule has 172 valence electrons. The van der Waals surface area contributed by atoms with Crippen LogP contribution in [-0.2, 0) is 9.59 Å². The van der Waals surface area contributed by atoms with Crippen molar-refractivity contribution < 1.29 is 19.2 Å². The molecule has 8 nitrogen and oxygen atoms in total. The summed E-state index contributed by atoms with van der Waals surface area (Å²) in [5, 5.41) is 14.2. The monoisotopic (exact) mass is 457 g/mol. The molecule has 0 saturated heterocycles. The van der Waals surface area contributed by atoms with Gasteiger partial charge in [0, 0.05) is 12.1 Å². The molecule has 1 heterocycles. The van der Waals surface area contributed by atoms with Gasteiger partial charge in [0.25, 0.3) is 17.5 Å². The second kappa shape index (κ2) is 9.19. The first-order valence-corrected chi connectivity index (χ1v) is 10.7. The Morgan fingerprint density at radius 2 is 1.59 bits per heavy atom. The molecular weight excluding hydrogens is 434 g/mol. The maximum absolute atomic E-state index is 13.6. The number of carbonyl (C=O) groups excluding carboxylic acids is 2. The summed E-state index contributed by atoms with van der Waals surface area (Å²) < 4.78 is 5.67. The third-order valence-electron chi connectivity index (χ3n) is 5.36. The molecule has 0 radical (unpaired) electrons. The zero-order valence-electron chi connectivity index (χ0n) is 19.0. The van der Waals surface area contributed by atoms with Crippen LogP contribution < -0.4 is 15.0 Å². The number of nitrogens with zero attached hydrogens (tertiary/aromatic N) is 2. The Morgan fingerprint density at radius 3 is 2.21 bits per heavy atom. The zero-order valence-corrected chi connectivity index (χ0v) is 19.0. The van der Waals surface area contributed by atoms with Crippen LogP contribution in [0.3, 0.4) is 0 Å². The van der Waals surface area contributed by atoms with Gasteiger partial charge < -0.3 is 10.1 Å². The lowest BCUT2D eigenvalue weighted by molar-refractivity contribution is -0.384. The largest absolute Gasteiger partial charge is 0.492 e. The Balaban J connectivity index is 1.85. The molecule has 0 atom stereocenters. The van der Waals surface area contributed by atoms with Gasteiger partial charge in [-0.25, -0.2) is 4.90 Å². The van der Waals surface area contributed by atoms with Crippen LogP contribution in [0, 0.1) is 24.0 Å². The number of anilines is 2. The Hall–Kier alpha value is -4.46. The molecule has 0 aliphatic carbocycles. The van der Waals surface area contributed by atoms with Gasteiger partial charge in [0.1, 0.15) is 11.4 Å². The van der Waals surface area contributed by atoms with Gasteiger partial charge in [-0.05, 0) is 73.9 Å². The summed E-state index contributed by atoms with van der Waals surface area (Å²) in [4.78, 5) is 38.9. The van der Waals surface area contributed by atoms with Gasteiger partial charge in [-0.2, -0.15) is 0 Å². The van der Waals surface area contributed by atoms with Crippen LogP contribution in [0.15, 0.2) is 72.4 Å².